The molecule has 400 valence electrons. The molecule has 3 saturated carbocycles. The van der Waals surface area contributed by atoms with Gasteiger partial charge in [-0.3, -0.25) is 19.2 Å². The molecule has 2 aromatic rings. The summed E-state index contributed by atoms with van der Waals surface area (Å²) in [5.74, 6) is 1.58. The number of nitrogen functional groups attached to an aromatic ring is 2. The molecule has 0 radical (unpaired) electrons. The van der Waals surface area contributed by atoms with Gasteiger partial charge in [-0.25, -0.2) is 0 Å². The lowest BCUT2D eigenvalue weighted by Gasteiger charge is -2.58. The van der Waals surface area contributed by atoms with E-state index in [0.717, 1.165) is 87.8 Å². The maximum Gasteiger partial charge on any atom is 0.309 e. The van der Waals surface area contributed by atoms with Crippen molar-refractivity contribution in [2.45, 2.75) is 170 Å². The minimum atomic E-state index is -1.09. The van der Waals surface area contributed by atoms with Gasteiger partial charge in [0.15, 0.2) is 6.10 Å². The van der Waals surface area contributed by atoms with E-state index in [4.69, 9.17) is 30.4 Å². The number of hydrogen-bond donors (Lipinski definition) is 2. The van der Waals surface area contributed by atoms with Crippen LogP contribution in [0.5, 0.6) is 0 Å². The molecule has 0 saturated heterocycles. The predicted molar refractivity (Wildman–Crippen MR) is 337 cm³/mol. The molecule has 4 N–H and O–H groups in total. The summed E-state index contributed by atoms with van der Waals surface area (Å²) in [7, 11) is 0. The molecule has 10 atom stereocenters. The summed E-state index contributed by atoms with van der Waals surface area (Å²) in [4.78, 5) is 54.3. The van der Waals surface area contributed by atoms with Crippen LogP contribution in [-0.4, -0.2) is 49.3 Å². The van der Waals surface area contributed by atoms with Crippen LogP contribution in [0.15, 0.2) is 23.8 Å². The number of carbonyl (C=O) groups excluding carboxylic acids is 4. The van der Waals surface area contributed by atoms with Crippen LogP contribution in [0.3, 0.4) is 0 Å². The highest BCUT2D eigenvalue weighted by molar-refractivity contribution is 14.1. The van der Waals surface area contributed by atoms with Gasteiger partial charge in [-0.2, -0.15) is 0 Å². The molecular formula is C56H76I6N2O8. The molecule has 5 unspecified atom stereocenters. The molecule has 72 heavy (non-hydrogen) atoms. The SMILES string of the molecule is CCC(Cc1c(I)cc(I)c(N)c1I)C(=O)OCC(COC(=O)C(CC)Cc1c(I)cc(I)c(N)c1I)OC(=O)CCC(=O)O[C@H]1CC[C@@]2(C)C(=CCC3C2CC[C@@]2(C)C3CC[C@@H]2[C@H](C)CCCC(C)C)C1. The average Bonchev–Trinajstić information content (AvgIpc) is 3.70. The molecule has 0 heterocycles. The fraction of sp³-hybridized carbons (Fsp3) is 0.679. The number of fused-ring (bicyclic) bond motifs is 5. The van der Waals surface area contributed by atoms with E-state index in [2.05, 4.69) is 176 Å². The Morgan fingerprint density at radius 3 is 1.81 bits per heavy atom. The predicted octanol–water partition coefficient (Wildman–Crippen LogP) is 15.0. The number of ether oxygens (including phenoxy) is 4. The zero-order valence-electron chi connectivity index (χ0n) is 43.1. The number of carbonyl (C=O) groups is 4. The summed E-state index contributed by atoms with van der Waals surface area (Å²) in [5.41, 5.74) is 18.1. The fourth-order valence-corrected chi connectivity index (χ4v) is 20.7. The fourth-order valence-electron chi connectivity index (χ4n) is 13.1. The molecule has 0 spiro atoms. The Balaban J connectivity index is 1.05. The summed E-state index contributed by atoms with van der Waals surface area (Å²) in [6.45, 7) is 15.6. The van der Waals surface area contributed by atoms with Gasteiger partial charge < -0.3 is 30.4 Å². The summed E-state index contributed by atoms with van der Waals surface area (Å²) in [6, 6.07) is 4.00. The van der Waals surface area contributed by atoms with Gasteiger partial charge >= 0.3 is 23.9 Å². The van der Waals surface area contributed by atoms with Crippen molar-refractivity contribution in [1.82, 2.24) is 0 Å². The van der Waals surface area contributed by atoms with Crippen molar-refractivity contribution in [3.8, 4) is 0 Å². The molecule has 0 aliphatic heterocycles. The molecule has 0 amide bonds. The summed E-state index contributed by atoms with van der Waals surface area (Å²) in [5, 5.41) is 0. The molecule has 3 fully saturated rings. The number of allylic oxidation sites excluding steroid dienone is 1. The lowest BCUT2D eigenvalue weighted by Crippen LogP contribution is -2.51. The van der Waals surface area contributed by atoms with Gasteiger partial charge in [-0.15, -0.1) is 0 Å². The van der Waals surface area contributed by atoms with Crippen LogP contribution in [0.25, 0.3) is 0 Å². The van der Waals surface area contributed by atoms with E-state index in [1.165, 1.54) is 50.5 Å². The number of benzene rings is 2. The second-order valence-corrected chi connectivity index (χ2v) is 29.0. The normalized spacial score (nSPS) is 26.3. The molecule has 2 aromatic carbocycles. The lowest BCUT2D eigenvalue weighted by atomic mass is 9.47. The van der Waals surface area contributed by atoms with E-state index in [1.54, 1.807) is 0 Å². The first kappa shape index (κ1) is 61.3. The highest BCUT2D eigenvalue weighted by Crippen LogP contribution is 2.67. The summed E-state index contributed by atoms with van der Waals surface area (Å²) >= 11 is 13.4. The largest absolute Gasteiger partial charge is 0.462 e. The van der Waals surface area contributed by atoms with E-state index in [9.17, 15) is 19.2 Å². The van der Waals surface area contributed by atoms with Crippen LogP contribution >= 0.6 is 136 Å². The van der Waals surface area contributed by atoms with Crippen molar-refractivity contribution < 1.29 is 38.1 Å². The Morgan fingerprint density at radius 1 is 0.708 bits per heavy atom. The molecule has 0 bridgehead atoms. The number of nitrogens with two attached hydrogens (primary N) is 2. The highest BCUT2D eigenvalue weighted by atomic mass is 127. The van der Waals surface area contributed by atoms with E-state index >= 15 is 0 Å². The zero-order valence-corrected chi connectivity index (χ0v) is 56.1. The van der Waals surface area contributed by atoms with Crippen LogP contribution < -0.4 is 11.5 Å². The lowest BCUT2D eigenvalue weighted by molar-refractivity contribution is -0.170. The molecule has 16 heteroatoms. The number of esters is 4. The van der Waals surface area contributed by atoms with Crippen LogP contribution in [0.1, 0.15) is 156 Å². The first-order valence-electron chi connectivity index (χ1n) is 26.3. The second-order valence-electron chi connectivity index (χ2n) is 22.2. The monoisotopic (exact) mass is 1670 g/mol. The van der Waals surface area contributed by atoms with Crippen molar-refractivity contribution in [2.24, 2.45) is 58.2 Å². The molecule has 6 rings (SSSR count). The average molecular weight is 1670 g/mol. The third kappa shape index (κ3) is 14.6. The van der Waals surface area contributed by atoms with Crippen molar-refractivity contribution >= 4 is 171 Å². The van der Waals surface area contributed by atoms with Crippen molar-refractivity contribution in [2.75, 3.05) is 24.7 Å². The van der Waals surface area contributed by atoms with E-state index in [0.29, 0.717) is 48.4 Å². The summed E-state index contributed by atoms with van der Waals surface area (Å²) in [6.07, 6.45) is 15.7. The van der Waals surface area contributed by atoms with Gasteiger partial charge in [0.2, 0.25) is 0 Å². The Labute approximate surface area is 511 Å². The van der Waals surface area contributed by atoms with Gasteiger partial charge in [0, 0.05) is 27.8 Å². The van der Waals surface area contributed by atoms with Gasteiger partial charge in [0.05, 0.1) is 36.1 Å². The first-order chi connectivity index (χ1) is 34.0. The van der Waals surface area contributed by atoms with Gasteiger partial charge in [-0.1, -0.05) is 79.4 Å². The van der Waals surface area contributed by atoms with Gasteiger partial charge in [0.1, 0.15) is 19.3 Å². The van der Waals surface area contributed by atoms with E-state index < -0.39 is 41.8 Å². The molecule has 4 aliphatic rings. The van der Waals surface area contributed by atoms with Gasteiger partial charge in [0.25, 0.3) is 0 Å². The van der Waals surface area contributed by atoms with Crippen LogP contribution in [0, 0.1) is 79.6 Å². The third-order valence-electron chi connectivity index (χ3n) is 17.4. The standard InChI is InChI=1S/C56H76I6N2O8/c1-8-32(23-38-43(57)26-45(59)51(63)49(38)61)53(67)69-28-36(29-70-54(68)33(9-2)24-39-44(58)27-46(60)52(64)50(39)62)72-48(66)18-17-47(65)71-35-19-21-55(6)34(25-35)13-14-37-41-16-15-40(31(5)12-10-11-30(3)4)56(41,7)22-20-42(37)55/h13,26-27,30-33,35-37,40-42H,8-12,14-25,28-29,63-64H2,1-7H3/t31-,32?,33?,35+,36?,37?,40-,41?,42?,55+,56-/m1/s1. The molecule has 10 nitrogen and oxygen atoms in total. The number of halogens is 6. The van der Waals surface area contributed by atoms with Crippen molar-refractivity contribution in [1.29, 1.82) is 0 Å². The van der Waals surface area contributed by atoms with Gasteiger partial charge in [-0.05, 0) is 276 Å². The van der Waals surface area contributed by atoms with E-state index in [-0.39, 0.29) is 37.6 Å². The topological polar surface area (TPSA) is 157 Å². The third-order valence-corrected chi connectivity index (χ3v) is 23.5. The highest BCUT2D eigenvalue weighted by Gasteiger charge is 2.59. The Kier molecular flexibility index (Phi) is 23.2. The smallest absolute Gasteiger partial charge is 0.309 e. The molecule has 0 aromatic heterocycles. The maximum atomic E-state index is 13.7. The number of hydrogen-bond acceptors (Lipinski definition) is 10. The molecule has 4 aliphatic carbocycles. The minimum absolute atomic E-state index is 0.130. The minimum Gasteiger partial charge on any atom is -0.462 e. The zero-order chi connectivity index (χ0) is 52.8. The Hall–Kier alpha value is 0.0400. The Bertz CT molecular complexity index is 2240. The van der Waals surface area contributed by atoms with Crippen LogP contribution in [0.2, 0.25) is 0 Å². The van der Waals surface area contributed by atoms with Crippen LogP contribution in [-0.2, 0) is 51.0 Å². The first-order valence-corrected chi connectivity index (χ1v) is 32.7. The number of rotatable bonds is 22. The second kappa shape index (κ2) is 27.3. The number of anilines is 2. The summed E-state index contributed by atoms with van der Waals surface area (Å²) < 4.78 is 29.4. The quantitative estimate of drug-likeness (QED) is 0.0382. The maximum absolute atomic E-state index is 13.7. The molecular weight excluding hydrogens is 1590 g/mol. The Morgan fingerprint density at radius 2 is 1.26 bits per heavy atom. The van der Waals surface area contributed by atoms with E-state index in [1.807, 2.05) is 26.0 Å². The van der Waals surface area contributed by atoms with Crippen molar-refractivity contribution in [3.05, 3.63) is 56.3 Å². The van der Waals surface area contributed by atoms with Crippen LogP contribution in [0.4, 0.5) is 11.4 Å². The van der Waals surface area contributed by atoms with Crippen molar-refractivity contribution in [3.63, 3.8) is 0 Å².